The van der Waals surface area contributed by atoms with Crippen LogP contribution in [-0.4, -0.2) is 17.4 Å². The molecule has 2 aromatic rings. The molecule has 1 amide bonds. The molecule has 0 aliphatic heterocycles. The maximum atomic E-state index is 11.7. The number of benzene rings is 1. The van der Waals surface area contributed by atoms with Gasteiger partial charge in [-0.25, -0.2) is 0 Å². The number of rotatable bonds is 2. The first kappa shape index (κ1) is 9.65. The molecule has 15 heavy (non-hydrogen) atoms. The molecule has 3 heteroatoms. The molecule has 0 fully saturated rings. The van der Waals surface area contributed by atoms with E-state index >= 15 is 0 Å². The van der Waals surface area contributed by atoms with Crippen molar-refractivity contribution in [3.8, 4) is 0 Å². The van der Waals surface area contributed by atoms with Crippen LogP contribution in [0.4, 0.5) is 0 Å². The molecule has 1 heterocycles. The predicted molar refractivity (Wildman–Crippen MR) is 61.9 cm³/mol. The fraction of sp³-hybridized carbons (Fsp3) is 0.167. The summed E-state index contributed by atoms with van der Waals surface area (Å²) in [4.78, 5) is 15.9. The van der Waals surface area contributed by atoms with Gasteiger partial charge >= 0.3 is 0 Å². The largest absolute Gasteiger partial charge is 0.352 e. The van der Waals surface area contributed by atoms with Crippen LogP contribution in [0.2, 0.25) is 0 Å². The van der Waals surface area contributed by atoms with Crippen molar-refractivity contribution in [1.82, 2.24) is 10.3 Å². The van der Waals surface area contributed by atoms with Crippen LogP contribution < -0.4 is 5.32 Å². The normalized spacial score (nSPS) is 10.2. The van der Waals surface area contributed by atoms with Crippen molar-refractivity contribution in [2.45, 2.75) is 6.92 Å². The van der Waals surface area contributed by atoms with E-state index in [2.05, 4.69) is 10.3 Å². The lowest BCUT2D eigenvalue weighted by atomic mass is 10.1. The van der Waals surface area contributed by atoms with E-state index in [0.29, 0.717) is 12.1 Å². The zero-order valence-corrected chi connectivity index (χ0v) is 8.53. The van der Waals surface area contributed by atoms with Crippen LogP contribution >= 0.6 is 0 Å². The molecule has 1 aromatic carbocycles. The van der Waals surface area contributed by atoms with Crippen molar-refractivity contribution in [1.29, 1.82) is 0 Å². The Labute approximate surface area is 89.6 Å². The number of nitrogens with one attached hydrogen (secondary N) is 1. The van der Waals surface area contributed by atoms with Gasteiger partial charge in [0.05, 0.1) is 11.1 Å². The smallest absolute Gasteiger partial charge is 0.253 e. The highest BCUT2D eigenvalue weighted by molar-refractivity contribution is 6.05. The molecule has 78 valence electrons. The molecule has 0 radical (unpaired) electrons. The van der Waals surface area contributed by atoms with Gasteiger partial charge in [0.25, 0.3) is 5.91 Å². The summed E-state index contributed by atoms with van der Waals surface area (Å²) in [6.07, 6.45) is 1.70. The summed E-state index contributed by atoms with van der Waals surface area (Å²) in [6, 6.07) is 9.43. The lowest BCUT2D eigenvalue weighted by molar-refractivity contribution is 0.0957. The van der Waals surface area contributed by atoms with Crippen molar-refractivity contribution in [2.75, 3.05) is 6.54 Å². The van der Waals surface area contributed by atoms with E-state index in [1.807, 2.05) is 31.2 Å². The van der Waals surface area contributed by atoms with Crippen molar-refractivity contribution < 1.29 is 6.22 Å². The Morgan fingerprint density at radius 3 is 3.00 bits per heavy atom. The number of aromatic nitrogens is 1. The van der Waals surface area contributed by atoms with Crippen molar-refractivity contribution in [3.63, 3.8) is 0 Å². The van der Waals surface area contributed by atoms with Crippen molar-refractivity contribution >= 4 is 16.8 Å². The number of amides is 1. The average molecular weight is 202 g/mol. The standard InChI is InChI=1S/C12H12N2O.H2/c1-2-13-12(15)10-7-3-5-9-6-4-8-14-11(9)10;/h3-8H,2H2,1H3,(H,13,15);1H. The van der Waals surface area contributed by atoms with Gasteiger partial charge in [0.2, 0.25) is 0 Å². The Kier molecular flexibility index (Phi) is 2.63. The number of pyridine rings is 1. The first-order valence-corrected chi connectivity index (χ1v) is 4.95. The van der Waals surface area contributed by atoms with Crippen molar-refractivity contribution in [2.24, 2.45) is 0 Å². The Hall–Kier alpha value is -1.90. The molecule has 0 aliphatic carbocycles. The van der Waals surface area contributed by atoms with Gasteiger partial charge in [-0.15, -0.1) is 0 Å². The van der Waals surface area contributed by atoms with E-state index in [1.54, 1.807) is 12.3 Å². The van der Waals surface area contributed by atoms with E-state index < -0.39 is 0 Å². The van der Waals surface area contributed by atoms with Gasteiger partial charge in [0, 0.05) is 19.6 Å². The summed E-state index contributed by atoms with van der Waals surface area (Å²) in [5.74, 6) is -0.0678. The highest BCUT2D eigenvalue weighted by atomic mass is 16.1. The third kappa shape index (κ3) is 1.81. The van der Waals surface area contributed by atoms with Crippen LogP contribution in [0.1, 0.15) is 18.7 Å². The molecule has 1 aromatic heterocycles. The Balaban J connectivity index is 0.00000128. The molecule has 0 bridgehead atoms. The van der Waals surface area contributed by atoms with E-state index in [0.717, 1.165) is 10.9 Å². The molecule has 1 N–H and O–H groups in total. The second-order valence-corrected chi connectivity index (χ2v) is 3.24. The number of hydrogen-bond donors (Lipinski definition) is 1. The fourth-order valence-electron chi connectivity index (χ4n) is 1.54. The average Bonchev–Trinajstić information content (AvgIpc) is 2.28. The first-order chi connectivity index (χ1) is 7.33. The minimum atomic E-state index is -0.0678. The van der Waals surface area contributed by atoms with E-state index in [1.165, 1.54) is 0 Å². The molecule has 0 atom stereocenters. The summed E-state index contributed by atoms with van der Waals surface area (Å²) >= 11 is 0. The zero-order chi connectivity index (χ0) is 10.7. The van der Waals surface area contributed by atoms with Gasteiger partial charge < -0.3 is 5.32 Å². The van der Waals surface area contributed by atoms with Crippen LogP contribution in [0.5, 0.6) is 0 Å². The van der Waals surface area contributed by atoms with Gasteiger partial charge in [-0.05, 0) is 19.1 Å². The molecule has 0 aliphatic rings. The molecular formula is C12H14N2O. The van der Waals surface area contributed by atoms with E-state index in [9.17, 15) is 4.79 Å². The number of carbonyl (C=O) groups is 1. The monoisotopic (exact) mass is 202 g/mol. The molecule has 0 saturated heterocycles. The molecule has 0 saturated carbocycles. The first-order valence-electron chi connectivity index (χ1n) is 4.95. The number of hydrogen-bond acceptors (Lipinski definition) is 2. The van der Waals surface area contributed by atoms with Crippen LogP contribution in [0.15, 0.2) is 36.5 Å². The topological polar surface area (TPSA) is 42.0 Å². The lowest BCUT2D eigenvalue weighted by Crippen LogP contribution is -2.22. The Morgan fingerprint density at radius 2 is 2.20 bits per heavy atom. The second kappa shape index (κ2) is 4.09. The van der Waals surface area contributed by atoms with Crippen LogP contribution in [0, 0.1) is 0 Å². The maximum Gasteiger partial charge on any atom is 0.253 e. The summed E-state index contributed by atoms with van der Waals surface area (Å²) < 4.78 is 0. The number of fused-ring (bicyclic) bond motifs is 1. The molecule has 0 spiro atoms. The minimum Gasteiger partial charge on any atom is -0.352 e. The van der Waals surface area contributed by atoms with Crippen molar-refractivity contribution in [3.05, 3.63) is 42.1 Å². The maximum absolute atomic E-state index is 11.7. The minimum absolute atomic E-state index is 0. The van der Waals surface area contributed by atoms with Gasteiger partial charge in [0.1, 0.15) is 0 Å². The Bertz CT molecular complexity index is 494. The number of para-hydroxylation sites is 1. The molecule has 0 unspecified atom stereocenters. The van der Waals surface area contributed by atoms with E-state index in [4.69, 9.17) is 0 Å². The second-order valence-electron chi connectivity index (χ2n) is 3.24. The molecular weight excluding hydrogens is 188 g/mol. The summed E-state index contributed by atoms with van der Waals surface area (Å²) in [6.45, 7) is 2.53. The summed E-state index contributed by atoms with van der Waals surface area (Å²) in [5, 5.41) is 3.76. The molecule has 2 rings (SSSR count). The van der Waals surface area contributed by atoms with Gasteiger partial charge in [-0.2, -0.15) is 0 Å². The van der Waals surface area contributed by atoms with Gasteiger partial charge in [-0.3, -0.25) is 9.78 Å². The Morgan fingerprint density at radius 1 is 1.40 bits per heavy atom. The predicted octanol–water partition coefficient (Wildman–Crippen LogP) is 2.23. The zero-order valence-electron chi connectivity index (χ0n) is 8.53. The van der Waals surface area contributed by atoms with Crippen LogP contribution in [0.3, 0.4) is 0 Å². The van der Waals surface area contributed by atoms with Crippen LogP contribution in [-0.2, 0) is 0 Å². The summed E-state index contributed by atoms with van der Waals surface area (Å²) in [5.41, 5.74) is 1.39. The highest BCUT2D eigenvalue weighted by Crippen LogP contribution is 2.15. The SMILES string of the molecule is CCNC(=O)c1cccc2cccnc12.[HH]. The molecule has 3 nitrogen and oxygen atoms in total. The highest BCUT2D eigenvalue weighted by Gasteiger charge is 2.08. The van der Waals surface area contributed by atoms with Gasteiger partial charge in [0.15, 0.2) is 0 Å². The lowest BCUT2D eigenvalue weighted by Gasteiger charge is -2.04. The third-order valence-corrected chi connectivity index (χ3v) is 2.21. The third-order valence-electron chi connectivity index (χ3n) is 2.21. The quantitative estimate of drug-likeness (QED) is 0.811. The number of carbonyl (C=O) groups excluding carboxylic acids is 1. The fourth-order valence-corrected chi connectivity index (χ4v) is 1.54. The number of nitrogens with zero attached hydrogens (tertiary/aromatic N) is 1. The van der Waals surface area contributed by atoms with Gasteiger partial charge in [-0.1, -0.05) is 18.2 Å². The van der Waals surface area contributed by atoms with Crippen LogP contribution in [0.25, 0.3) is 10.9 Å². The summed E-state index contributed by atoms with van der Waals surface area (Å²) in [7, 11) is 0. The van der Waals surface area contributed by atoms with E-state index in [-0.39, 0.29) is 7.33 Å².